The van der Waals surface area contributed by atoms with E-state index in [9.17, 15) is 4.79 Å². The number of amides is 1. The molecule has 0 aliphatic carbocycles. The Balaban J connectivity index is 3.28. The fourth-order valence-corrected chi connectivity index (χ4v) is 2.05. The summed E-state index contributed by atoms with van der Waals surface area (Å²) in [6, 6.07) is 3.47. The smallest absolute Gasteiger partial charge is 0.247 e. The van der Waals surface area contributed by atoms with Gasteiger partial charge >= 0.3 is 0 Å². The second-order valence-corrected chi connectivity index (χ2v) is 5.53. The Labute approximate surface area is 142 Å². The molecule has 0 saturated heterocycles. The minimum Gasteiger partial charge on any atom is -0.494 e. The van der Waals surface area contributed by atoms with E-state index in [-0.39, 0.29) is 11.9 Å². The third-order valence-corrected chi connectivity index (χ3v) is 3.32. The molecule has 0 spiro atoms. The number of nitrogens with zero attached hydrogens (tertiary/aromatic N) is 2. The van der Waals surface area contributed by atoms with E-state index in [1.807, 2.05) is 26.0 Å². The Kier molecular flexibility index (Phi) is 7.06. The molecule has 24 heavy (non-hydrogen) atoms. The van der Waals surface area contributed by atoms with Crippen molar-refractivity contribution in [2.75, 3.05) is 56.9 Å². The van der Waals surface area contributed by atoms with Gasteiger partial charge in [0.05, 0.1) is 24.2 Å². The lowest BCUT2D eigenvalue weighted by molar-refractivity contribution is -0.111. The van der Waals surface area contributed by atoms with Gasteiger partial charge in [-0.05, 0) is 26.2 Å². The molecule has 0 saturated carbocycles. The molecule has 0 heterocycles. The largest absolute Gasteiger partial charge is 0.494 e. The van der Waals surface area contributed by atoms with Crippen LogP contribution in [0.25, 0.3) is 0 Å². The summed E-state index contributed by atoms with van der Waals surface area (Å²) in [6.07, 6.45) is 1.20. The molecule has 0 aliphatic heterocycles. The fourth-order valence-electron chi connectivity index (χ4n) is 2.05. The third-order valence-electron chi connectivity index (χ3n) is 3.32. The van der Waals surface area contributed by atoms with E-state index < -0.39 is 0 Å². The number of carbonyl (C=O) groups is 1. The van der Waals surface area contributed by atoms with Gasteiger partial charge in [0.15, 0.2) is 5.96 Å². The number of guanidine groups is 1. The molecule has 1 aromatic carbocycles. The minimum absolute atomic E-state index is 0.219. The second-order valence-electron chi connectivity index (χ2n) is 5.53. The summed E-state index contributed by atoms with van der Waals surface area (Å²) in [4.78, 5) is 15.8. The number of benzene rings is 1. The lowest BCUT2D eigenvalue weighted by Gasteiger charge is -2.25. The van der Waals surface area contributed by atoms with Gasteiger partial charge in [-0.2, -0.15) is 0 Å². The maximum Gasteiger partial charge on any atom is 0.247 e. The zero-order chi connectivity index (χ0) is 18.3. The number of ether oxygens (including phenoxy) is 1. The summed E-state index contributed by atoms with van der Waals surface area (Å²) in [5.74, 6) is -0.0206. The van der Waals surface area contributed by atoms with Crippen LogP contribution in [0.15, 0.2) is 24.8 Å². The zero-order valence-corrected chi connectivity index (χ0v) is 14.6. The maximum absolute atomic E-state index is 11.7. The fraction of sp³-hybridized carbons (Fsp3) is 0.375. The summed E-state index contributed by atoms with van der Waals surface area (Å²) < 4.78 is 5.36. The molecule has 132 valence electrons. The first-order valence-corrected chi connectivity index (χ1v) is 7.40. The predicted octanol–water partition coefficient (Wildman–Crippen LogP) is 1.12. The van der Waals surface area contributed by atoms with E-state index in [4.69, 9.17) is 15.9 Å². The number of methoxy groups -OCH3 is 1. The standard InChI is InChI=1S/C16H26N6O2/c1-6-15(23)19-11-9-12(20-16(17)18)14(24-5)10-13(11)22(4)8-7-21(2)3/h6,9-10H,1,7-8H2,2-5H3,(H,19,23)(H4,17,18,20). The Morgan fingerprint density at radius 1 is 1.29 bits per heavy atom. The van der Waals surface area contributed by atoms with Gasteiger partial charge in [-0.25, -0.2) is 0 Å². The highest BCUT2D eigenvalue weighted by atomic mass is 16.5. The topological polar surface area (TPSA) is 107 Å². The van der Waals surface area contributed by atoms with Crippen LogP contribution < -0.4 is 26.0 Å². The van der Waals surface area contributed by atoms with Crippen molar-refractivity contribution in [1.29, 1.82) is 5.41 Å². The molecule has 1 amide bonds. The van der Waals surface area contributed by atoms with Crippen molar-refractivity contribution in [2.45, 2.75) is 0 Å². The number of rotatable bonds is 8. The number of nitrogens with one attached hydrogen (secondary N) is 3. The number of hydrogen-bond donors (Lipinski definition) is 4. The number of nitrogens with two attached hydrogens (primary N) is 1. The Morgan fingerprint density at radius 2 is 1.96 bits per heavy atom. The lowest BCUT2D eigenvalue weighted by Crippen LogP contribution is -2.29. The van der Waals surface area contributed by atoms with E-state index >= 15 is 0 Å². The molecule has 1 aromatic rings. The van der Waals surface area contributed by atoms with Gasteiger partial charge < -0.3 is 30.9 Å². The van der Waals surface area contributed by atoms with Crippen LogP contribution in [0.5, 0.6) is 5.75 Å². The SMILES string of the molecule is C=CC(=O)Nc1cc(NC(=N)N)c(OC)cc1N(C)CCN(C)C. The molecule has 8 heteroatoms. The van der Waals surface area contributed by atoms with Gasteiger partial charge in [0, 0.05) is 26.2 Å². The van der Waals surface area contributed by atoms with Crippen LogP contribution in [-0.2, 0) is 4.79 Å². The number of likely N-dealkylation sites (N-methyl/N-ethyl adjacent to an activating group) is 2. The van der Waals surface area contributed by atoms with Crippen LogP contribution >= 0.6 is 0 Å². The van der Waals surface area contributed by atoms with E-state index in [0.29, 0.717) is 17.1 Å². The van der Waals surface area contributed by atoms with Crippen molar-refractivity contribution in [3.63, 3.8) is 0 Å². The molecule has 5 N–H and O–H groups in total. The van der Waals surface area contributed by atoms with Crippen LogP contribution in [0.1, 0.15) is 0 Å². The third kappa shape index (κ3) is 5.47. The van der Waals surface area contributed by atoms with E-state index in [1.165, 1.54) is 13.2 Å². The molecule has 8 nitrogen and oxygen atoms in total. The molecule has 0 unspecified atom stereocenters. The summed E-state index contributed by atoms with van der Waals surface area (Å²) >= 11 is 0. The van der Waals surface area contributed by atoms with Gasteiger partial charge in [0.25, 0.3) is 0 Å². The first-order valence-electron chi connectivity index (χ1n) is 7.40. The van der Waals surface area contributed by atoms with Gasteiger partial charge in [0.1, 0.15) is 5.75 Å². The van der Waals surface area contributed by atoms with Crippen molar-refractivity contribution < 1.29 is 9.53 Å². The summed E-state index contributed by atoms with van der Waals surface area (Å²) in [6.45, 7) is 5.07. The van der Waals surface area contributed by atoms with Gasteiger partial charge in [0.2, 0.25) is 5.91 Å². The van der Waals surface area contributed by atoms with Crippen LogP contribution in [0.2, 0.25) is 0 Å². The molecule has 0 atom stereocenters. The molecular formula is C16H26N6O2. The van der Waals surface area contributed by atoms with Crippen LogP contribution in [0.3, 0.4) is 0 Å². The highest BCUT2D eigenvalue weighted by Gasteiger charge is 2.15. The van der Waals surface area contributed by atoms with Gasteiger partial charge in [-0.15, -0.1) is 0 Å². The predicted molar refractivity (Wildman–Crippen MR) is 99.2 cm³/mol. The Bertz CT molecular complexity index is 615. The molecular weight excluding hydrogens is 308 g/mol. The van der Waals surface area contributed by atoms with Crippen LogP contribution in [-0.4, -0.2) is 58.1 Å². The number of carbonyl (C=O) groups excluding carboxylic acids is 1. The molecule has 0 aliphatic rings. The van der Waals surface area contributed by atoms with Crippen LogP contribution in [0.4, 0.5) is 17.1 Å². The van der Waals surface area contributed by atoms with Gasteiger partial charge in [-0.3, -0.25) is 10.2 Å². The van der Waals surface area contributed by atoms with Gasteiger partial charge in [-0.1, -0.05) is 6.58 Å². The van der Waals surface area contributed by atoms with Crippen molar-refractivity contribution in [2.24, 2.45) is 5.73 Å². The lowest BCUT2D eigenvalue weighted by atomic mass is 10.2. The number of hydrogen-bond acceptors (Lipinski definition) is 5. The molecule has 0 radical (unpaired) electrons. The highest BCUT2D eigenvalue weighted by molar-refractivity contribution is 6.03. The van der Waals surface area contributed by atoms with E-state index in [1.54, 1.807) is 12.1 Å². The average molecular weight is 334 g/mol. The second kappa shape index (κ2) is 8.78. The normalized spacial score (nSPS) is 10.2. The average Bonchev–Trinajstić information content (AvgIpc) is 2.52. The minimum atomic E-state index is -0.323. The highest BCUT2D eigenvalue weighted by Crippen LogP contribution is 2.36. The molecule has 0 aromatic heterocycles. The first-order chi connectivity index (χ1) is 11.3. The van der Waals surface area contributed by atoms with Crippen molar-refractivity contribution in [1.82, 2.24) is 4.90 Å². The summed E-state index contributed by atoms with van der Waals surface area (Å²) in [5.41, 5.74) is 7.26. The maximum atomic E-state index is 11.7. The van der Waals surface area contributed by atoms with Crippen molar-refractivity contribution in [3.05, 3.63) is 24.8 Å². The summed E-state index contributed by atoms with van der Waals surface area (Å²) in [5, 5.41) is 12.9. The zero-order valence-electron chi connectivity index (χ0n) is 14.6. The summed E-state index contributed by atoms with van der Waals surface area (Å²) in [7, 11) is 7.45. The van der Waals surface area contributed by atoms with Crippen molar-refractivity contribution in [3.8, 4) is 5.75 Å². The monoisotopic (exact) mass is 334 g/mol. The number of anilines is 3. The quantitative estimate of drug-likeness (QED) is 0.322. The van der Waals surface area contributed by atoms with E-state index in [0.717, 1.165) is 18.8 Å². The molecule has 1 rings (SSSR count). The molecule has 0 fully saturated rings. The Hall–Kier alpha value is -2.74. The first kappa shape index (κ1) is 19.3. The Morgan fingerprint density at radius 3 is 2.46 bits per heavy atom. The van der Waals surface area contributed by atoms with Crippen LogP contribution in [0, 0.1) is 5.41 Å². The van der Waals surface area contributed by atoms with Crippen molar-refractivity contribution >= 4 is 28.9 Å². The molecule has 0 bridgehead atoms. The van der Waals surface area contributed by atoms with E-state index in [2.05, 4.69) is 22.1 Å².